The monoisotopic (exact) mass is 418 g/mol. The molecule has 0 saturated carbocycles. The summed E-state index contributed by atoms with van der Waals surface area (Å²) in [6.45, 7) is 0. The zero-order chi connectivity index (χ0) is 20.5. The summed E-state index contributed by atoms with van der Waals surface area (Å²) in [5, 5.41) is 8.70. The van der Waals surface area contributed by atoms with Crippen LogP contribution in [0.15, 0.2) is 42.5 Å². The Balaban J connectivity index is 1.35. The molecule has 29 heavy (non-hydrogen) atoms. The summed E-state index contributed by atoms with van der Waals surface area (Å²) >= 11 is 0. The number of benzene rings is 1. The number of carboxylic acid groups (broad SMARTS) is 1. The van der Waals surface area contributed by atoms with E-state index in [4.69, 9.17) is 9.84 Å². The topological polar surface area (TPSA) is 63.6 Å². The van der Waals surface area contributed by atoms with Crippen LogP contribution in [0.5, 0.6) is 0 Å². The van der Waals surface area contributed by atoms with Crippen LogP contribution in [-0.2, 0) is 26.1 Å². The first-order chi connectivity index (χ1) is 14.1. The number of fused-ring (bicyclic) bond motifs is 2. The Morgan fingerprint density at radius 3 is 2.59 bits per heavy atom. The van der Waals surface area contributed by atoms with Gasteiger partial charge in [-0.15, -0.1) is 0 Å². The molecule has 2 fully saturated rings. The smallest absolute Gasteiger partial charge is 0.303 e. The molecule has 0 amide bonds. The summed E-state index contributed by atoms with van der Waals surface area (Å²) < 4.78 is 18.5. The molecule has 2 aliphatic heterocycles. The van der Waals surface area contributed by atoms with Gasteiger partial charge < -0.3 is 9.84 Å². The van der Waals surface area contributed by atoms with Gasteiger partial charge in [-0.25, -0.2) is 0 Å². The molecule has 5 atom stereocenters. The van der Waals surface area contributed by atoms with Crippen LogP contribution in [-0.4, -0.2) is 33.2 Å². The Bertz CT molecular complexity index is 687. The van der Waals surface area contributed by atoms with Crippen LogP contribution < -0.4 is 0 Å². The van der Waals surface area contributed by atoms with E-state index in [-0.39, 0.29) is 6.42 Å². The van der Waals surface area contributed by atoms with Gasteiger partial charge in [0.2, 0.25) is 0 Å². The maximum absolute atomic E-state index is 12.3. The van der Waals surface area contributed by atoms with Crippen molar-refractivity contribution in [3.63, 3.8) is 0 Å². The third-order valence-electron chi connectivity index (χ3n) is 6.26. The van der Waals surface area contributed by atoms with E-state index in [1.165, 1.54) is 19.3 Å². The second kappa shape index (κ2) is 11.7. The standard InChI is InChI=1S/C24H34O4S/c25-24(26)14-7-2-1-6-12-20-21(23-16-15-22(20)28-23)13-8-9-17-29(27)18-19-10-4-3-5-11-19/h1,3-6,10-11,20-23H,2,7-9,12-18H2,(H,25,26)/t20-,21-,22-,23+,29?/m1/s1. The van der Waals surface area contributed by atoms with E-state index in [0.29, 0.717) is 36.2 Å². The number of carbonyl (C=O) groups is 1. The normalized spacial score (nSPS) is 26.9. The molecule has 2 aliphatic rings. The average Bonchev–Trinajstić information content (AvgIpc) is 3.30. The first-order valence-electron chi connectivity index (χ1n) is 11.0. The van der Waals surface area contributed by atoms with E-state index in [2.05, 4.69) is 12.2 Å². The van der Waals surface area contributed by atoms with E-state index in [9.17, 15) is 9.00 Å². The summed E-state index contributed by atoms with van der Waals surface area (Å²) in [4.78, 5) is 10.6. The van der Waals surface area contributed by atoms with Gasteiger partial charge in [0.05, 0.1) is 12.2 Å². The number of hydrogen-bond donors (Lipinski definition) is 1. The minimum absolute atomic E-state index is 0.246. The Labute approximate surface area is 177 Å². The first-order valence-corrected chi connectivity index (χ1v) is 12.5. The van der Waals surface area contributed by atoms with Crippen LogP contribution >= 0.6 is 0 Å². The first kappa shape index (κ1) is 22.2. The van der Waals surface area contributed by atoms with Gasteiger partial charge in [-0.05, 0) is 62.3 Å². The molecule has 1 aromatic rings. The van der Waals surface area contributed by atoms with Crippen molar-refractivity contribution in [2.45, 2.75) is 75.7 Å². The molecule has 0 aromatic heterocycles. The molecule has 3 rings (SSSR count). The highest BCUT2D eigenvalue weighted by Gasteiger charge is 2.47. The largest absolute Gasteiger partial charge is 0.481 e. The lowest BCUT2D eigenvalue weighted by Gasteiger charge is -2.27. The van der Waals surface area contributed by atoms with Crippen molar-refractivity contribution in [3.05, 3.63) is 48.0 Å². The highest BCUT2D eigenvalue weighted by molar-refractivity contribution is 7.84. The number of hydrogen-bond acceptors (Lipinski definition) is 3. The second-order valence-corrected chi connectivity index (χ2v) is 9.96. The van der Waals surface area contributed by atoms with E-state index >= 15 is 0 Å². The van der Waals surface area contributed by atoms with E-state index in [1.54, 1.807) is 0 Å². The fourth-order valence-electron chi connectivity index (χ4n) is 4.81. The van der Waals surface area contributed by atoms with Crippen molar-refractivity contribution in [2.75, 3.05) is 5.75 Å². The van der Waals surface area contributed by atoms with Crippen LogP contribution in [0.25, 0.3) is 0 Å². The summed E-state index contributed by atoms with van der Waals surface area (Å²) in [5.41, 5.74) is 1.16. The maximum Gasteiger partial charge on any atom is 0.303 e. The van der Waals surface area contributed by atoms with Crippen molar-refractivity contribution >= 4 is 16.8 Å². The Hall–Kier alpha value is -1.46. The molecule has 5 heteroatoms. The molecule has 0 spiro atoms. The minimum Gasteiger partial charge on any atom is -0.481 e. The third-order valence-corrected chi connectivity index (χ3v) is 7.66. The lowest BCUT2D eigenvalue weighted by atomic mass is 9.75. The number of ether oxygens (including phenoxy) is 1. The van der Waals surface area contributed by atoms with Gasteiger partial charge in [0, 0.05) is 28.7 Å². The SMILES string of the molecule is O=C(O)CCCC=CC[C@@H]1[C@@H](CCCCS(=O)Cc2ccccc2)[C@@H]2CC[C@H]1O2. The highest BCUT2D eigenvalue weighted by atomic mass is 32.2. The molecule has 2 heterocycles. The molecule has 160 valence electrons. The second-order valence-electron chi connectivity index (χ2n) is 8.38. The molecule has 2 saturated heterocycles. The van der Waals surface area contributed by atoms with E-state index in [1.807, 2.05) is 30.3 Å². The van der Waals surface area contributed by atoms with Crippen LogP contribution in [0.1, 0.15) is 63.4 Å². The van der Waals surface area contributed by atoms with Crippen molar-refractivity contribution in [3.8, 4) is 0 Å². The van der Waals surface area contributed by atoms with Crippen molar-refractivity contribution in [1.82, 2.24) is 0 Å². The molecular formula is C24H34O4S. The fraction of sp³-hybridized carbons (Fsp3) is 0.625. The molecule has 1 aromatic carbocycles. The Morgan fingerprint density at radius 1 is 1.07 bits per heavy atom. The van der Waals surface area contributed by atoms with Crippen molar-refractivity contribution < 1.29 is 18.8 Å². The summed E-state index contributed by atoms with van der Waals surface area (Å²) in [5.74, 6) is 1.95. The summed E-state index contributed by atoms with van der Waals surface area (Å²) in [6.07, 6.45) is 13.7. The quantitative estimate of drug-likeness (QED) is 0.357. The van der Waals surface area contributed by atoms with Gasteiger partial charge in [0.15, 0.2) is 0 Å². The average molecular weight is 419 g/mol. The molecule has 2 bridgehead atoms. The van der Waals surface area contributed by atoms with Crippen molar-refractivity contribution in [1.29, 1.82) is 0 Å². The zero-order valence-electron chi connectivity index (χ0n) is 17.2. The molecule has 0 radical (unpaired) electrons. The minimum atomic E-state index is -0.780. The van der Waals surface area contributed by atoms with Gasteiger partial charge in [-0.3, -0.25) is 9.00 Å². The van der Waals surface area contributed by atoms with Gasteiger partial charge in [-0.2, -0.15) is 0 Å². The van der Waals surface area contributed by atoms with Gasteiger partial charge in [-0.1, -0.05) is 48.9 Å². The Kier molecular flexibility index (Phi) is 8.93. The van der Waals surface area contributed by atoms with Crippen LogP contribution in [0.4, 0.5) is 0 Å². The molecule has 0 aliphatic carbocycles. The Morgan fingerprint density at radius 2 is 1.83 bits per heavy atom. The van der Waals surface area contributed by atoms with Gasteiger partial charge in [0.1, 0.15) is 0 Å². The van der Waals surface area contributed by atoms with Crippen LogP contribution in [0, 0.1) is 11.8 Å². The number of carboxylic acids is 1. The molecule has 1 unspecified atom stereocenters. The number of unbranched alkanes of at least 4 members (excludes halogenated alkanes) is 2. The zero-order valence-corrected chi connectivity index (χ0v) is 18.0. The lowest BCUT2D eigenvalue weighted by Crippen LogP contribution is -2.26. The molecule has 4 nitrogen and oxygen atoms in total. The number of allylic oxidation sites excluding steroid dienone is 2. The fourth-order valence-corrected chi connectivity index (χ4v) is 6.05. The molecular weight excluding hydrogens is 384 g/mol. The van der Waals surface area contributed by atoms with E-state index < -0.39 is 16.8 Å². The number of aliphatic carboxylic acids is 1. The third kappa shape index (κ3) is 7.07. The number of rotatable bonds is 13. The highest BCUT2D eigenvalue weighted by Crippen LogP contribution is 2.47. The summed E-state index contributed by atoms with van der Waals surface area (Å²) in [6, 6.07) is 10.1. The predicted octanol–water partition coefficient (Wildman–Crippen LogP) is 5.10. The lowest BCUT2D eigenvalue weighted by molar-refractivity contribution is -0.137. The van der Waals surface area contributed by atoms with Crippen LogP contribution in [0.3, 0.4) is 0 Å². The van der Waals surface area contributed by atoms with Gasteiger partial charge in [0.25, 0.3) is 0 Å². The predicted molar refractivity (Wildman–Crippen MR) is 117 cm³/mol. The van der Waals surface area contributed by atoms with Gasteiger partial charge >= 0.3 is 5.97 Å². The van der Waals surface area contributed by atoms with Crippen LogP contribution in [0.2, 0.25) is 0 Å². The molecule has 1 N–H and O–H groups in total. The summed E-state index contributed by atoms with van der Waals surface area (Å²) in [7, 11) is -0.780. The van der Waals surface area contributed by atoms with Crippen molar-refractivity contribution in [2.24, 2.45) is 11.8 Å². The van der Waals surface area contributed by atoms with E-state index in [0.717, 1.165) is 37.0 Å². The maximum atomic E-state index is 12.3.